The molecule has 0 bridgehead atoms. The molecule has 2 aromatic rings. The molecule has 0 amide bonds. The van der Waals surface area contributed by atoms with E-state index in [1.54, 1.807) is 21.3 Å². The molecule has 0 aromatic heterocycles. The molecule has 0 saturated carbocycles. The van der Waals surface area contributed by atoms with Crippen LogP contribution in [0.1, 0.15) is 11.1 Å². The molecule has 1 atom stereocenters. The van der Waals surface area contributed by atoms with Crippen molar-refractivity contribution in [3.63, 3.8) is 0 Å². The minimum atomic E-state index is -1.09. The Morgan fingerprint density at radius 2 is 1.45 bits per heavy atom. The normalized spacial score (nSPS) is 22.7. The van der Waals surface area contributed by atoms with Gasteiger partial charge in [0, 0.05) is 21.3 Å². The lowest BCUT2D eigenvalue weighted by Gasteiger charge is -2.50. The van der Waals surface area contributed by atoms with Gasteiger partial charge in [-0.25, -0.2) is 0 Å². The average Bonchev–Trinajstić information content (AvgIpc) is 2.61. The van der Waals surface area contributed by atoms with Gasteiger partial charge in [-0.1, -0.05) is 42.5 Å². The molecule has 0 aliphatic carbocycles. The zero-order chi connectivity index (χ0) is 15.6. The van der Waals surface area contributed by atoms with Gasteiger partial charge in [0.1, 0.15) is 12.4 Å². The summed E-state index contributed by atoms with van der Waals surface area (Å²) in [6.07, 6.45) is 0. The van der Waals surface area contributed by atoms with E-state index in [2.05, 4.69) is 0 Å². The van der Waals surface area contributed by atoms with Crippen molar-refractivity contribution in [1.29, 1.82) is 0 Å². The summed E-state index contributed by atoms with van der Waals surface area (Å²) in [5.41, 5.74) is 0.860. The summed E-state index contributed by atoms with van der Waals surface area (Å²) in [6.45, 7) is 0.298. The van der Waals surface area contributed by atoms with Crippen molar-refractivity contribution >= 4 is 0 Å². The number of methoxy groups -OCH3 is 3. The second-order valence-electron chi connectivity index (χ2n) is 5.21. The summed E-state index contributed by atoms with van der Waals surface area (Å²) in [4.78, 5) is 0. The molecule has 3 rings (SSSR count). The van der Waals surface area contributed by atoms with E-state index in [0.717, 1.165) is 16.9 Å². The summed E-state index contributed by atoms with van der Waals surface area (Å²) >= 11 is 0. The van der Waals surface area contributed by atoms with Crippen molar-refractivity contribution in [2.45, 2.75) is 11.4 Å². The highest BCUT2D eigenvalue weighted by Gasteiger charge is 2.60. The molecule has 0 N–H and O–H groups in total. The van der Waals surface area contributed by atoms with Crippen LogP contribution >= 0.6 is 0 Å². The van der Waals surface area contributed by atoms with E-state index in [4.69, 9.17) is 18.9 Å². The third kappa shape index (κ3) is 1.88. The second-order valence-corrected chi connectivity index (χ2v) is 5.21. The molecule has 4 nitrogen and oxygen atoms in total. The van der Waals surface area contributed by atoms with E-state index in [1.165, 1.54) is 0 Å². The van der Waals surface area contributed by atoms with Crippen molar-refractivity contribution in [2.24, 2.45) is 0 Å². The van der Waals surface area contributed by atoms with Crippen molar-refractivity contribution in [1.82, 2.24) is 0 Å². The van der Waals surface area contributed by atoms with Crippen LogP contribution in [0.5, 0.6) is 5.75 Å². The van der Waals surface area contributed by atoms with Crippen LogP contribution in [0.4, 0.5) is 0 Å². The first-order valence-electron chi connectivity index (χ1n) is 7.17. The van der Waals surface area contributed by atoms with Gasteiger partial charge in [-0.2, -0.15) is 0 Å². The van der Waals surface area contributed by atoms with E-state index in [-0.39, 0.29) is 0 Å². The molecule has 0 saturated heterocycles. The molecule has 0 fully saturated rings. The third-order valence-corrected chi connectivity index (χ3v) is 4.37. The zero-order valence-electron chi connectivity index (χ0n) is 13.0. The monoisotopic (exact) mass is 300 g/mol. The predicted molar refractivity (Wildman–Crippen MR) is 82.8 cm³/mol. The van der Waals surface area contributed by atoms with Gasteiger partial charge < -0.3 is 18.9 Å². The fraction of sp³-hybridized carbons (Fsp3) is 0.333. The Labute approximate surface area is 130 Å². The number of para-hydroxylation sites is 1. The number of fused-ring (bicyclic) bond motifs is 1. The summed E-state index contributed by atoms with van der Waals surface area (Å²) in [6, 6.07) is 17.6. The Bertz CT molecular complexity index is 637. The number of rotatable bonds is 4. The van der Waals surface area contributed by atoms with Gasteiger partial charge >= 0.3 is 0 Å². The Kier molecular flexibility index (Phi) is 3.91. The maximum absolute atomic E-state index is 5.96. The van der Waals surface area contributed by atoms with Crippen molar-refractivity contribution in [3.8, 4) is 5.75 Å². The van der Waals surface area contributed by atoms with Gasteiger partial charge in [-0.15, -0.1) is 0 Å². The topological polar surface area (TPSA) is 36.9 Å². The van der Waals surface area contributed by atoms with E-state index < -0.39 is 11.4 Å². The van der Waals surface area contributed by atoms with Crippen LogP contribution in [0.15, 0.2) is 54.6 Å². The molecular formula is C18H20O4. The Balaban J connectivity index is 2.27. The molecule has 1 aliphatic heterocycles. The number of ether oxygens (including phenoxy) is 4. The lowest BCUT2D eigenvalue weighted by atomic mass is 9.79. The summed E-state index contributed by atoms with van der Waals surface area (Å²) in [5.74, 6) is -0.340. The highest BCUT2D eigenvalue weighted by atomic mass is 16.7. The predicted octanol–water partition coefficient (Wildman–Crippen LogP) is 3.07. The fourth-order valence-corrected chi connectivity index (χ4v) is 3.28. The molecule has 1 aliphatic rings. The molecule has 4 heteroatoms. The fourth-order valence-electron chi connectivity index (χ4n) is 3.28. The molecule has 116 valence electrons. The molecule has 22 heavy (non-hydrogen) atoms. The molecule has 0 spiro atoms. The molecule has 0 radical (unpaired) electrons. The first kappa shape index (κ1) is 15.0. The lowest BCUT2D eigenvalue weighted by Crippen LogP contribution is -2.59. The minimum absolute atomic E-state index is 0.298. The Morgan fingerprint density at radius 1 is 0.818 bits per heavy atom. The summed E-state index contributed by atoms with van der Waals surface area (Å²) < 4.78 is 23.7. The number of benzene rings is 2. The van der Waals surface area contributed by atoms with E-state index in [1.807, 2.05) is 54.6 Å². The number of hydrogen-bond donors (Lipinski definition) is 0. The zero-order valence-corrected chi connectivity index (χ0v) is 13.0. The first-order valence-corrected chi connectivity index (χ1v) is 7.17. The van der Waals surface area contributed by atoms with Crippen LogP contribution in [-0.4, -0.2) is 27.9 Å². The average molecular weight is 300 g/mol. The van der Waals surface area contributed by atoms with Crippen LogP contribution in [0.2, 0.25) is 0 Å². The maximum atomic E-state index is 5.96. The van der Waals surface area contributed by atoms with E-state index in [0.29, 0.717) is 6.61 Å². The van der Waals surface area contributed by atoms with Gasteiger partial charge in [0.25, 0.3) is 0 Å². The van der Waals surface area contributed by atoms with Crippen molar-refractivity contribution < 1.29 is 18.9 Å². The van der Waals surface area contributed by atoms with Crippen LogP contribution in [-0.2, 0) is 25.6 Å². The number of hydrogen-bond acceptors (Lipinski definition) is 4. The van der Waals surface area contributed by atoms with Crippen LogP contribution in [0.3, 0.4) is 0 Å². The quantitative estimate of drug-likeness (QED) is 0.813. The van der Waals surface area contributed by atoms with Crippen LogP contribution < -0.4 is 4.74 Å². The molecule has 1 unspecified atom stereocenters. The molecule has 2 aromatic carbocycles. The van der Waals surface area contributed by atoms with Gasteiger partial charge in [-0.05, 0) is 17.7 Å². The van der Waals surface area contributed by atoms with Crippen LogP contribution in [0, 0.1) is 0 Å². The van der Waals surface area contributed by atoms with Gasteiger partial charge in [0.15, 0.2) is 5.60 Å². The smallest absolute Gasteiger partial charge is 0.236 e. The van der Waals surface area contributed by atoms with Gasteiger partial charge in [0.05, 0.1) is 5.56 Å². The lowest BCUT2D eigenvalue weighted by molar-refractivity contribution is -0.339. The van der Waals surface area contributed by atoms with Crippen molar-refractivity contribution in [3.05, 3.63) is 65.7 Å². The first-order chi connectivity index (χ1) is 10.7. The standard InChI is InChI=1S/C18H20O4/c1-19-17(14-9-5-4-6-10-14)13-22-16-12-8-7-11-15(16)18(17,20-2)21-3/h4-12H,13H2,1-3H3. The van der Waals surface area contributed by atoms with Crippen molar-refractivity contribution in [2.75, 3.05) is 27.9 Å². The largest absolute Gasteiger partial charge is 0.489 e. The van der Waals surface area contributed by atoms with Gasteiger partial charge in [-0.3, -0.25) is 0 Å². The summed E-state index contributed by atoms with van der Waals surface area (Å²) in [7, 11) is 4.90. The van der Waals surface area contributed by atoms with E-state index in [9.17, 15) is 0 Å². The highest BCUT2D eigenvalue weighted by molar-refractivity contribution is 5.44. The second kappa shape index (κ2) is 5.72. The Morgan fingerprint density at radius 3 is 2.09 bits per heavy atom. The highest BCUT2D eigenvalue weighted by Crippen LogP contribution is 2.52. The molecule has 1 heterocycles. The molecular weight excluding hydrogens is 280 g/mol. The maximum Gasteiger partial charge on any atom is 0.236 e. The Hall–Kier alpha value is -1.88. The van der Waals surface area contributed by atoms with Gasteiger partial charge in [0.2, 0.25) is 5.79 Å². The SMILES string of the molecule is COC1(c2ccccc2)COc2ccccc2C1(OC)OC. The minimum Gasteiger partial charge on any atom is -0.489 e. The van der Waals surface area contributed by atoms with Crippen LogP contribution in [0.25, 0.3) is 0 Å². The summed E-state index contributed by atoms with van der Waals surface area (Å²) in [5, 5.41) is 0. The van der Waals surface area contributed by atoms with E-state index >= 15 is 0 Å². The third-order valence-electron chi connectivity index (χ3n) is 4.37.